The fourth-order valence-corrected chi connectivity index (χ4v) is 4.72. The summed E-state index contributed by atoms with van der Waals surface area (Å²) in [6, 6.07) is 15.5. The molecule has 1 N–H and O–H groups in total. The summed E-state index contributed by atoms with van der Waals surface area (Å²) in [5.74, 6) is 0. The van der Waals surface area contributed by atoms with Crippen LogP contribution in [-0.2, 0) is 5.41 Å². The van der Waals surface area contributed by atoms with E-state index in [1.54, 1.807) is 18.2 Å². The zero-order valence-corrected chi connectivity index (χ0v) is 18.6. The van der Waals surface area contributed by atoms with Crippen molar-refractivity contribution in [1.82, 2.24) is 4.90 Å². The van der Waals surface area contributed by atoms with E-state index in [1.807, 2.05) is 11.0 Å². The Morgan fingerprint density at radius 1 is 1.19 bits per heavy atom. The fourth-order valence-electron chi connectivity index (χ4n) is 4.72. The van der Waals surface area contributed by atoms with Crippen LogP contribution in [0.25, 0.3) is 0 Å². The van der Waals surface area contributed by atoms with Gasteiger partial charge in [-0.05, 0) is 76.5 Å². The molecule has 2 aromatic rings. The number of amides is 2. The highest BCUT2D eigenvalue weighted by Gasteiger charge is 2.46. The molecule has 0 atom stereocenters. The molecule has 4 rings (SSSR count). The molecule has 5 nitrogen and oxygen atoms in total. The second kappa shape index (κ2) is 8.56. The molecule has 1 spiro atoms. The van der Waals surface area contributed by atoms with Gasteiger partial charge in [-0.3, -0.25) is 9.80 Å². The zero-order valence-electron chi connectivity index (χ0n) is 18.6. The molecule has 0 aromatic heterocycles. The van der Waals surface area contributed by atoms with Gasteiger partial charge in [0.15, 0.2) is 0 Å². The number of hydrogen-bond acceptors (Lipinski definition) is 3. The van der Waals surface area contributed by atoms with Crippen LogP contribution in [0, 0.1) is 18.3 Å². The second-order valence-corrected chi connectivity index (χ2v) is 9.09. The van der Waals surface area contributed by atoms with Gasteiger partial charge in [-0.25, -0.2) is 4.79 Å². The zero-order chi connectivity index (χ0) is 22.0. The number of aryl methyl sites for hydroxylation is 1. The van der Waals surface area contributed by atoms with Gasteiger partial charge < -0.3 is 5.32 Å². The summed E-state index contributed by atoms with van der Waals surface area (Å²) in [6.07, 6.45) is 4.39. The van der Waals surface area contributed by atoms with Crippen molar-refractivity contribution in [1.29, 1.82) is 5.26 Å². The van der Waals surface area contributed by atoms with Gasteiger partial charge in [0.05, 0.1) is 11.6 Å². The van der Waals surface area contributed by atoms with E-state index in [1.165, 1.54) is 16.7 Å². The van der Waals surface area contributed by atoms with Crippen LogP contribution in [0.4, 0.5) is 16.2 Å². The number of likely N-dealkylation sites (tertiary alicyclic amines) is 1. The van der Waals surface area contributed by atoms with Crippen LogP contribution in [0.5, 0.6) is 0 Å². The molecule has 2 aromatic carbocycles. The van der Waals surface area contributed by atoms with Crippen molar-refractivity contribution in [2.24, 2.45) is 0 Å². The number of hydrogen-bond donors (Lipinski definition) is 1. The largest absolute Gasteiger partial charge is 0.326 e. The molecular weight excluding hydrogens is 384 g/mol. The Balaban J connectivity index is 1.56. The molecule has 0 saturated carbocycles. The Bertz CT molecular complexity index is 1050. The third-order valence-electron chi connectivity index (χ3n) is 6.53. The van der Waals surface area contributed by atoms with Crippen molar-refractivity contribution in [2.75, 3.05) is 36.4 Å². The molecule has 0 unspecified atom stereocenters. The van der Waals surface area contributed by atoms with Gasteiger partial charge in [0.25, 0.3) is 0 Å². The molecule has 2 aliphatic rings. The number of nitrogens with zero attached hydrogens (tertiary/aromatic N) is 3. The topological polar surface area (TPSA) is 59.4 Å². The van der Waals surface area contributed by atoms with Gasteiger partial charge in [-0.1, -0.05) is 35.4 Å². The number of nitrogens with one attached hydrogen (secondary N) is 1. The summed E-state index contributed by atoms with van der Waals surface area (Å²) >= 11 is 0. The van der Waals surface area contributed by atoms with E-state index in [0.717, 1.165) is 38.2 Å². The third-order valence-corrected chi connectivity index (χ3v) is 6.53. The molecule has 31 heavy (non-hydrogen) atoms. The monoisotopic (exact) mass is 414 g/mol. The highest BCUT2D eigenvalue weighted by Crippen LogP contribution is 2.47. The second-order valence-electron chi connectivity index (χ2n) is 9.09. The van der Waals surface area contributed by atoms with Crippen molar-refractivity contribution in [2.45, 2.75) is 39.0 Å². The van der Waals surface area contributed by atoms with Crippen molar-refractivity contribution < 1.29 is 4.79 Å². The first-order valence-corrected chi connectivity index (χ1v) is 11.0. The number of anilines is 2. The molecule has 0 radical (unpaired) electrons. The minimum absolute atomic E-state index is 0.00860. The van der Waals surface area contributed by atoms with Gasteiger partial charge in [-0.2, -0.15) is 5.26 Å². The minimum Gasteiger partial charge on any atom is -0.307 e. The minimum atomic E-state index is -0.135. The number of carbonyl (C=O) groups excluding carboxylic acids is 1. The van der Waals surface area contributed by atoms with Crippen LogP contribution in [0.15, 0.2) is 54.1 Å². The Kier molecular flexibility index (Phi) is 5.84. The van der Waals surface area contributed by atoms with Gasteiger partial charge in [0.2, 0.25) is 0 Å². The van der Waals surface area contributed by atoms with E-state index >= 15 is 0 Å². The number of piperidine rings is 1. The number of benzene rings is 2. The van der Waals surface area contributed by atoms with Crippen molar-refractivity contribution in [3.63, 3.8) is 0 Å². The normalized spacial score (nSPS) is 17.2. The van der Waals surface area contributed by atoms with Gasteiger partial charge in [-0.15, -0.1) is 0 Å². The van der Waals surface area contributed by atoms with Gasteiger partial charge >= 0.3 is 6.03 Å². The van der Waals surface area contributed by atoms with Gasteiger partial charge in [0, 0.05) is 29.9 Å². The maximum absolute atomic E-state index is 13.2. The smallest absolute Gasteiger partial charge is 0.307 e. The van der Waals surface area contributed by atoms with Crippen LogP contribution in [0.1, 0.15) is 43.4 Å². The SMILES string of the molecule is CC(C)=CCN1CCC2(CC1)CN(C(=O)Nc1cccc(C#N)c1)c1ccc(C)cc12. The third kappa shape index (κ3) is 4.35. The van der Waals surface area contributed by atoms with Crippen LogP contribution >= 0.6 is 0 Å². The summed E-state index contributed by atoms with van der Waals surface area (Å²) in [5, 5.41) is 12.1. The molecule has 2 aliphatic heterocycles. The van der Waals surface area contributed by atoms with Crippen LogP contribution in [0.2, 0.25) is 0 Å². The number of rotatable bonds is 3. The van der Waals surface area contributed by atoms with E-state index in [2.05, 4.69) is 61.3 Å². The Morgan fingerprint density at radius 2 is 1.97 bits per heavy atom. The summed E-state index contributed by atoms with van der Waals surface area (Å²) in [5.41, 5.74) is 6.09. The van der Waals surface area contributed by atoms with Crippen LogP contribution in [-0.4, -0.2) is 37.1 Å². The average Bonchev–Trinajstić information content (AvgIpc) is 3.07. The van der Waals surface area contributed by atoms with E-state index in [4.69, 9.17) is 5.26 Å². The molecule has 1 fully saturated rings. The lowest BCUT2D eigenvalue weighted by Gasteiger charge is -2.39. The summed E-state index contributed by atoms with van der Waals surface area (Å²) < 4.78 is 0. The maximum atomic E-state index is 13.2. The molecule has 160 valence electrons. The van der Waals surface area contributed by atoms with E-state index in [-0.39, 0.29) is 11.4 Å². The number of carbonyl (C=O) groups is 1. The highest BCUT2D eigenvalue weighted by atomic mass is 16.2. The first-order chi connectivity index (χ1) is 14.9. The summed E-state index contributed by atoms with van der Waals surface area (Å²) in [6.45, 7) is 10.2. The lowest BCUT2D eigenvalue weighted by atomic mass is 9.74. The van der Waals surface area contributed by atoms with Crippen LogP contribution in [0.3, 0.4) is 0 Å². The molecule has 1 saturated heterocycles. The van der Waals surface area contributed by atoms with Crippen molar-refractivity contribution in [3.05, 3.63) is 70.8 Å². The van der Waals surface area contributed by atoms with Crippen molar-refractivity contribution >= 4 is 17.4 Å². The Labute approximate surface area is 185 Å². The predicted molar refractivity (Wildman–Crippen MR) is 125 cm³/mol. The summed E-state index contributed by atoms with van der Waals surface area (Å²) in [4.78, 5) is 17.6. The fraction of sp³-hybridized carbons (Fsp3) is 0.385. The van der Waals surface area contributed by atoms with E-state index in [0.29, 0.717) is 17.8 Å². The standard InChI is InChI=1S/C26H30N4O/c1-19(2)9-12-29-13-10-26(11-14-29)18-30(24-8-7-20(3)15-23(24)26)25(31)28-22-6-4-5-21(16-22)17-27/h4-9,15-16H,10-14,18H2,1-3H3,(H,28,31). The van der Waals surface area contributed by atoms with E-state index in [9.17, 15) is 4.79 Å². The predicted octanol–water partition coefficient (Wildman–Crippen LogP) is 5.22. The molecule has 5 heteroatoms. The first kappa shape index (κ1) is 21.1. The maximum Gasteiger partial charge on any atom is 0.326 e. The number of allylic oxidation sites excluding steroid dienone is 1. The van der Waals surface area contributed by atoms with Crippen LogP contribution < -0.4 is 10.2 Å². The molecular formula is C26H30N4O. The van der Waals surface area contributed by atoms with Crippen molar-refractivity contribution in [3.8, 4) is 6.07 Å². The number of nitriles is 1. The number of fused-ring (bicyclic) bond motifs is 2. The molecule has 2 amide bonds. The highest BCUT2D eigenvalue weighted by molar-refractivity contribution is 6.03. The van der Waals surface area contributed by atoms with Gasteiger partial charge in [0.1, 0.15) is 0 Å². The average molecular weight is 415 g/mol. The Hall–Kier alpha value is -3.10. The lowest BCUT2D eigenvalue weighted by Crippen LogP contribution is -2.46. The quantitative estimate of drug-likeness (QED) is 0.701. The lowest BCUT2D eigenvalue weighted by molar-refractivity contribution is 0.180. The molecule has 0 aliphatic carbocycles. The number of urea groups is 1. The first-order valence-electron chi connectivity index (χ1n) is 11.0. The van der Waals surface area contributed by atoms with E-state index < -0.39 is 0 Å². The molecule has 2 heterocycles. The molecule has 0 bridgehead atoms. The summed E-state index contributed by atoms with van der Waals surface area (Å²) in [7, 11) is 0. The Morgan fingerprint density at radius 3 is 2.68 bits per heavy atom.